The maximum atomic E-state index is 13.4. The molecule has 12 nitrogen and oxygen atoms in total. The molecule has 2 aromatic rings. The molecule has 1 aromatic heterocycles. The Bertz CT molecular complexity index is 1210. The summed E-state index contributed by atoms with van der Waals surface area (Å²) in [6, 6.07) is 5.30. The summed E-state index contributed by atoms with van der Waals surface area (Å²) in [6.07, 6.45) is 3.13. The van der Waals surface area contributed by atoms with Crippen LogP contribution in [0.25, 0.3) is 0 Å². The van der Waals surface area contributed by atoms with Crippen LogP contribution in [0.3, 0.4) is 0 Å². The number of esters is 1. The van der Waals surface area contributed by atoms with Crippen molar-refractivity contribution in [1.29, 1.82) is 0 Å². The highest BCUT2D eigenvalue weighted by atomic mass is 31.2. The van der Waals surface area contributed by atoms with Crippen molar-refractivity contribution in [3.63, 3.8) is 0 Å². The topological polar surface area (TPSA) is 147 Å². The fourth-order valence-electron chi connectivity index (χ4n) is 3.02. The van der Waals surface area contributed by atoms with Crippen LogP contribution in [0.2, 0.25) is 0 Å². The molecule has 2 heterocycles. The minimum absolute atomic E-state index is 0.213. The molecule has 34 heavy (non-hydrogen) atoms. The molecular formula is C21H26N3O9P. The Kier molecular flexibility index (Phi) is 8.11. The Morgan fingerprint density at radius 2 is 1.88 bits per heavy atom. The molecule has 1 aliphatic heterocycles. The number of benzene rings is 1. The van der Waals surface area contributed by atoms with Gasteiger partial charge in [-0.2, -0.15) is 5.09 Å². The summed E-state index contributed by atoms with van der Waals surface area (Å²) in [5.74, 6) is 0.124. The van der Waals surface area contributed by atoms with Crippen molar-refractivity contribution < 1.29 is 32.6 Å². The smallest absolute Gasteiger partial charge is 0.459 e. The zero-order chi connectivity index (χ0) is 24.9. The maximum Gasteiger partial charge on any atom is 0.459 e. The van der Waals surface area contributed by atoms with Gasteiger partial charge in [-0.3, -0.25) is 23.7 Å². The van der Waals surface area contributed by atoms with Crippen molar-refractivity contribution in [2.75, 3.05) is 20.8 Å². The summed E-state index contributed by atoms with van der Waals surface area (Å²) in [7, 11) is -1.37. The van der Waals surface area contributed by atoms with Crippen LogP contribution in [0.5, 0.6) is 11.5 Å². The normalized spacial score (nSPS) is 19.9. The molecule has 0 bridgehead atoms. The second-order valence-electron chi connectivity index (χ2n) is 7.36. The molecule has 3 rings (SSSR count). The monoisotopic (exact) mass is 495 g/mol. The van der Waals surface area contributed by atoms with E-state index in [0.29, 0.717) is 11.3 Å². The fourth-order valence-corrected chi connectivity index (χ4v) is 4.52. The first kappa shape index (κ1) is 25.4. The third kappa shape index (κ3) is 6.23. The van der Waals surface area contributed by atoms with E-state index in [1.807, 2.05) is 0 Å². The Morgan fingerprint density at radius 1 is 1.21 bits per heavy atom. The van der Waals surface area contributed by atoms with Gasteiger partial charge in [-0.15, -0.1) is 0 Å². The molecule has 2 N–H and O–H groups in total. The number of hydrogen-bond acceptors (Lipinski definition) is 9. The third-order valence-corrected chi connectivity index (χ3v) is 6.47. The molecule has 4 unspecified atom stereocenters. The average molecular weight is 495 g/mol. The summed E-state index contributed by atoms with van der Waals surface area (Å²) in [5.41, 5.74) is -0.769. The predicted octanol–water partition coefficient (Wildman–Crippen LogP) is 1.66. The molecule has 0 aliphatic carbocycles. The van der Waals surface area contributed by atoms with E-state index in [2.05, 4.69) is 14.8 Å². The van der Waals surface area contributed by atoms with Gasteiger partial charge in [0.1, 0.15) is 23.6 Å². The number of hydrogen-bond donors (Lipinski definition) is 2. The lowest BCUT2D eigenvalue weighted by atomic mass is 10.3. The van der Waals surface area contributed by atoms with E-state index in [1.54, 1.807) is 31.2 Å². The average Bonchev–Trinajstić information content (AvgIpc) is 3.29. The van der Waals surface area contributed by atoms with Crippen LogP contribution >= 0.6 is 7.75 Å². The standard InChI is InChI=1S/C21H26N3O9P/c1-13-11-24(21(27)22-19(13)25)18-10-9-17(32-18)12-31-34(28,23-14(2)20(26)30-4)33-16-7-5-15(29-3)6-8-16/h5-11,14,17-18H,12H2,1-4H3,(H,23,28)(H,22,25,27). The van der Waals surface area contributed by atoms with Gasteiger partial charge in [0.25, 0.3) is 5.56 Å². The molecule has 13 heteroatoms. The van der Waals surface area contributed by atoms with E-state index in [4.69, 9.17) is 18.5 Å². The van der Waals surface area contributed by atoms with E-state index < -0.39 is 43.3 Å². The Balaban J connectivity index is 1.71. The van der Waals surface area contributed by atoms with Crippen molar-refractivity contribution in [1.82, 2.24) is 14.6 Å². The number of rotatable bonds is 10. The van der Waals surface area contributed by atoms with E-state index in [-0.39, 0.29) is 12.4 Å². The zero-order valence-electron chi connectivity index (χ0n) is 19.0. The predicted molar refractivity (Wildman–Crippen MR) is 121 cm³/mol. The van der Waals surface area contributed by atoms with Crippen LogP contribution in [0.15, 0.2) is 52.2 Å². The lowest BCUT2D eigenvalue weighted by Crippen LogP contribution is -2.35. The largest absolute Gasteiger partial charge is 0.497 e. The van der Waals surface area contributed by atoms with Gasteiger partial charge in [-0.05, 0) is 44.2 Å². The van der Waals surface area contributed by atoms with Gasteiger partial charge in [0, 0.05) is 11.8 Å². The Hall–Kier alpha value is -3.18. The van der Waals surface area contributed by atoms with Crippen molar-refractivity contribution in [3.8, 4) is 11.5 Å². The molecule has 1 aliphatic rings. The molecule has 0 amide bonds. The van der Waals surface area contributed by atoms with E-state index in [9.17, 15) is 18.9 Å². The molecule has 0 fully saturated rings. The van der Waals surface area contributed by atoms with Gasteiger partial charge >= 0.3 is 19.4 Å². The zero-order valence-corrected chi connectivity index (χ0v) is 19.9. The highest BCUT2D eigenvalue weighted by Gasteiger charge is 2.34. The molecule has 0 radical (unpaired) electrons. The first-order chi connectivity index (χ1) is 16.1. The van der Waals surface area contributed by atoms with Gasteiger partial charge in [-0.1, -0.05) is 6.08 Å². The summed E-state index contributed by atoms with van der Waals surface area (Å²) in [5, 5.41) is 2.54. The van der Waals surface area contributed by atoms with Crippen LogP contribution in [-0.4, -0.2) is 48.5 Å². The van der Waals surface area contributed by atoms with E-state index in [1.165, 1.54) is 44.0 Å². The summed E-state index contributed by atoms with van der Waals surface area (Å²) < 4.78 is 41.3. The molecule has 184 valence electrons. The van der Waals surface area contributed by atoms with Gasteiger partial charge in [0.2, 0.25) is 0 Å². The fraction of sp³-hybridized carbons (Fsp3) is 0.381. The number of nitrogens with zero attached hydrogens (tertiary/aromatic N) is 1. The van der Waals surface area contributed by atoms with Gasteiger partial charge in [0.05, 0.1) is 20.8 Å². The van der Waals surface area contributed by atoms with Crippen molar-refractivity contribution in [2.24, 2.45) is 0 Å². The molecular weight excluding hydrogens is 469 g/mol. The van der Waals surface area contributed by atoms with Crippen LogP contribution < -0.4 is 25.6 Å². The van der Waals surface area contributed by atoms with Gasteiger partial charge < -0.3 is 18.7 Å². The number of nitrogens with one attached hydrogen (secondary N) is 2. The van der Waals surface area contributed by atoms with E-state index >= 15 is 0 Å². The summed E-state index contributed by atoms with van der Waals surface area (Å²) >= 11 is 0. The van der Waals surface area contributed by atoms with Crippen molar-refractivity contribution in [3.05, 3.63) is 69.0 Å². The SMILES string of the molecule is COC(=O)C(C)NP(=O)(OCC1C=CC(n2cc(C)c(=O)[nH]c2=O)O1)Oc1ccc(OC)cc1. The number of methoxy groups -OCH3 is 2. The van der Waals surface area contributed by atoms with Crippen LogP contribution in [-0.2, 0) is 23.4 Å². The second kappa shape index (κ2) is 10.8. The van der Waals surface area contributed by atoms with Crippen molar-refractivity contribution in [2.45, 2.75) is 32.2 Å². The van der Waals surface area contributed by atoms with Crippen molar-refractivity contribution >= 4 is 13.7 Å². The molecule has 0 spiro atoms. The molecule has 4 atom stereocenters. The molecule has 0 saturated carbocycles. The number of H-pyrrole nitrogens is 1. The lowest BCUT2D eigenvalue weighted by molar-refractivity contribution is -0.142. The minimum Gasteiger partial charge on any atom is -0.497 e. The molecule has 1 aromatic carbocycles. The number of aromatic amines is 1. The first-order valence-electron chi connectivity index (χ1n) is 10.2. The van der Waals surface area contributed by atoms with E-state index in [0.717, 1.165) is 0 Å². The maximum absolute atomic E-state index is 13.4. The second-order valence-corrected chi connectivity index (χ2v) is 9.06. The minimum atomic E-state index is -4.08. The van der Waals surface area contributed by atoms with Gasteiger partial charge in [0.15, 0.2) is 6.23 Å². The third-order valence-electron chi connectivity index (χ3n) is 4.82. The van der Waals surface area contributed by atoms with Crippen LogP contribution in [0.1, 0.15) is 18.7 Å². The Labute approximate surface area is 195 Å². The van der Waals surface area contributed by atoms with Gasteiger partial charge in [-0.25, -0.2) is 9.36 Å². The number of aryl methyl sites for hydroxylation is 1. The highest BCUT2D eigenvalue weighted by molar-refractivity contribution is 7.52. The van der Waals surface area contributed by atoms with Crippen LogP contribution in [0.4, 0.5) is 0 Å². The summed E-state index contributed by atoms with van der Waals surface area (Å²) in [6.45, 7) is 2.79. The lowest BCUT2D eigenvalue weighted by Gasteiger charge is -2.24. The first-order valence-corrected chi connectivity index (χ1v) is 11.8. The Morgan fingerprint density at radius 3 is 2.53 bits per heavy atom. The number of carbonyl (C=O) groups excluding carboxylic acids is 1. The molecule has 0 saturated heterocycles. The number of carbonyl (C=O) groups is 1. The number of aromatic nitrogens is 2. The number of ether oxygens (including phenoxy) is 3. The van der Waals surface area contributed by atoms with Crippen LogP contribution in [0, 0.1) is 6.92 Å². The summed E-state index contributed by atoms with van der Waals surface area (Å²) in [4.78, 5) is 37.7. The quantitative estimate of drug-likeness (QED) is 0.283. The highest BCUT2D eigenvalue weighted by Crippen LogP contribution is 2.45.